The number of aryl methyl sites for hydroxylation is 2. The first kappa shape index (κ1) is 12.7. The van der Waals surface area contributed by atoms with Gasteiger partial charge in [-0.05, 0) is 25.7 Å². The van der Waals surface area contributed by atoms with Crippen LogP contribution < -0.4 is 4.90 Å². The first-order chi connectivity index (χ1) is 8.67. The van der Waals surface area contributed by atoms with Gasteiger partial charge >= 0.3 is 5.97 Å². The standard InChI is InChI=1S/C12H18N4O2/c1-3-8-9(4-2)14-15-12(13-8)16-7-5-6-10(16)11(17)18/h10H,3-7H2,1-2H3,(H,17,18)/t10-/m0/s1. The number of aromatic nitrogens is 3. The highest BCUT2D eigenvalue weighted by Gasteiger charge is 2.32. The highest BCUT2D eigenvalue weighted by Crippen LogP contribution is 2.22. The molecule has 0 amide bonds. The SMILES string of the molecule is CCc1nnc(N2CCC[C@H]2C(=O)O)nc1CC. The Morgan fingerprint density at radius 3 is 2.67 bits per heavy atom. The van der Waals surface area contributed by atoms with Gasteiger partial charge in [0.25, 0.3) is 0 Å². The Labute approximate surface area is 106 Å². The second kappa shape index (κ2) is 5.29. The fourth-order valence-corrected chi connectivity index (χ4v) is 2.31. The maximum Gasteiger partial charge on any atom is 0.326 e. The minimum atomic E-state index is -0.811. The first-order valence-electron chi connectivity index (χ1n) is 6.39. The number of anilines is 1. The highest BCUT2D eigenvalue weighted by atomic mass is 16.4. The smallest absolute Gasteiger partial charge is 0.326 e. The molecule has 0 aliphatic carbocycles. The maximum absolute atomic E-state index is 11.1. The van der Waals surface area contributed by atoms with E-state index in [1.54, 1.807) is 4.90 Å². The van der Waals surface area contributed by atoms with Gasteiger partial charge in [-0.25, -0.2) is 9.78 Å². The van der Waals surface area contributed by atoms with Crippen LogP contribution in [0.15, 0.2) is 0 Å². The Morgan fingerprint density at radius 2 is 2.06 bits per heavy atom. The molecule has 1 aliphatic heterocycles. The Hall–Kier alpha value is -1.72. The lowest BCUT2D eigenvalue weighted by atomic mass is 10.2. The fraction of sp³-hybridized carbons (Fsp3) is 0.667. The summed E-state index contributed by atoms with van der Waals surface area (Å²) >= 11 is 0. The second-order valence-electron chi connectivity index (χ2n) is 4.40. The van der Waals surface area contributed by atoms with Crippen molar-refractivity contribution in [1.82, 2.24) is 15.2 Å². The maximum atomic E-state index is 11.1. The van der Waals surface area contributed by atoms with Crippen LogP contribution in [0.3, 0.4) is 0 Å². The van der Waals surface area contributed by atoms with Crippen molar-refractivity contribution >= 4 is 11.9 Å². The summed E-state index contributed by atoms with van der Waals surface area (Å²) in [7, 11) is 0. The quantitative estimate of drug-likeness (QED) is 0.860. The Kier molecular flexibility index (Phi) is 3.74. The van der Waals surface area contributed by atoms with Crippen LogP contribution in [0.1, 0.15) is 38.1 Å². The number of hydrogen-bond acceptors (Lipinski definition) is 5. The molecule has 1 fully saturated rings. The molecule has 1 atom stereocenters. The van der Waals surface area contributed by atoms with Gasteiger partial charge < -0.3 is 10.0 Å². The van der Waals surface area contributed by atoms with Gasteiger partial charge in [-0.1, -0.05) is 13.8 Å². The summed E-state index contributed by atoms with van der Waals surface area (Å²) in [5, 5.41) is 17.4. The predicted octanol–water partition coefficient (Wildman–Crippen LogP) is 1.05. The van der Waals surface area contributed by atoms with E-state index in [2.05, 4.69) is 15.2 Å². The van der Waals surface area contributed by atoms with Gasteiger partial charge in [-0.15, -0.1) is 5.10 Å². The summed E-state index contributed by atoms with van der Waals surface area (Å²) < 4.78 is 0. The number of rotatable bonds is 4. The van der Waals surface area contributed by atoms with Crippen molar-refractivity contribution in [3.63, 3.8) is 0 Å². The lowest BCUT2D eigenvalue weighted by molar-refractivity contribution is -0.138. The lowest BCUT2D eigenvalue weighted by Gasteiger charge is -2.21. The van der Waals surface area contributed by atoms with Crippen LogP contribution in [-0.4, -0.2) is 38.8 Å². The van der Waals surface area contributed by atoms with E-state index >= 15 is 0 Å². The van der Waals surface area contributed by atoms with Gasteiger partial charge in [0.05, 0.1) is 11.4 Å². The zero-order valence-electron chi connectivity index (χ0n) is 10.8. The van der Waals surface area contributed by atoms with Gasteiger partial charge in [0, 0.05) is 6.54 Å². The number of nitrogens with zero attached hydrogens (tertiary/aromatic N) is 4. The van der Waals surface area contributed by atoms with E-state index in [9.17, 15) is 4.79 Å². The van der Waals surface area contributed by atoms with E-state index in [0.29, 0.717) is 18.9 Å². The molecule has 1 aromatic rings. The van der Waals surface area contributed by atoms with E-state index < -0.39 is 12.0 Å². The molecule has 0 radical (unpaired) electrons. The third kappa shape index (κ3) is 2.27. The van der Waals surface area contributed by atoms with Crippen LogP contribution in [0.25, 0.3) is 0 Å². The number of aliphatic carboxylic acids is 1. The van der Waals surface area contributed by atoms with E-state index in [1.165, 1.54) is 0 Å². The zero-order chi connectivity index (χ0) is 13.1. The largest absolute Gasteiger partial charge is 0.480 e. The minimum absolute atomic E-state index is 0.453. The third-order valence-corrected chi connectivity index (χ3v) is 3.29. The van der Waals surface area contributed by atoms with E-state index in [1.807, 2.05) is 13.8 Å². The summed E-state index contributed by atoms with van der Waals surface area (Å²) in [4.78, 5) is 17.4. The lowest BCUT2D eigenvalue weighted by Crippen LogP contribution is -2.37. The van der Waals surface area contributed by atoms with Crippen LogP contribution in [0.4, 0.5) is 5.95 Å². The van der Waals surface area contributed by atoms with Crippen LogP contribution in [0.5, 0.6) is 0 Å². The summed E-state index contributed by atoms with van der Waals surface area (Å²) in [6.07, 6.45) is 3.09. The van der Waals surface area contributed by atoms with E-state index in [-0.39, 0.29) is 0 Å². The molecule has 0 bridgehead atoms. The average molecular weight is 250 g/mol. The van der Waals surface area contributed by atoms with Crippen molar-refractivity contribution < 1.29 is 9.90 Å². The predicted molar refractivity (Wildman–Crippen MR) is 66.6 cm³/mol. The van der Waals surface area contributed by atoms with Gasteiger partial charge in [0.1, 0.15) is 6.04 Å². The van der Waals surface area contributed by atoms with Gasteiger partial charge in [0.2, 0.25) is 5.95 Å². The summed E-state index contributed by atoms with van der Waals surface area (Å²) in [5.41, 5.74) is 1.81. The molecule has 0 unspecified atom stereocenters. The van der Waals surface area contributed by atoms with Gasteiger partial charge in [-0.2, -0.15) is 5.10 Å². The summed E-state index contributed by atoms with van der Waals surface area (Å²) in [6, 6.07) is -0.510. The molecule has 2 rings (SSSR count). The highest BCUT2D eigenvalue weighted by molar-refractivity contribution is 5.77. The Morgan fingerprint density at radius 1 is 1.33 bits per heavy atom. The number of carbonyl (C=O) groups is 1. The van der Waals surface area contributed by atoms with Crippen molar-refractivity contribution in [2.24, 2.45) is 0 Å². The van der Waals surface area contributed by atoms with Gasteiger partial charge in [0.15, 0.2) is 0 Å². The average Bonchev–Trinajstić information content (AvgIpc) is 2.87. The van der Waals surface area contributed by atoms with Crippen LogP contribution >= 0.6 is 0 Å². The minimum Gasteiger partial charge on any atom is -0.480 e. The molecule has 18 heavy (non-hydrogen) atoms. The second-order valence-corrected chi connectivity index (χ2v) is 4.40. The molecule has 0 saturated carbocycles. The molecule has 0 aromatic carbocycles. The van der Waals surface area contributed by atoms with Crippen molar-refractivity contribution in [2.75, 3.05) is 11.4 Å². The molecule has 2 heterocycles. The van der Waals surface area contributed by atoms with Crippen molar-refractivity contribution in [3.8, 4) is 0 Å². The van der Waals surface area contributed by atoms with E-state index in [0.717, 1.165) is 30.7 Å². The van der Waals surface area contributed by atoms with Crippen LogP contribution in [0, 0.1) is 0 Å². The molecule has 6 heteroatoms. The number of hydrogen-bond donors (Lipinski definition) is 1. The molecule has 6 nitrogen and oxygen atoms in total. The van der Waals surface area contributed by atoms with Crippen molar-refractivity contribution in [1.29, 1.82) is 0 Å². The molecule has 1 aromatic heterocycles. The van der Waals surface area contributed by atoms with Crippen molar-refractivity contribution in [2.45, 2.75) is 45.6 Å². The molecular weight excluding hydrogens is 232 g/mol. The number of carboxylic acid groups (broad SMARTS) is 1. The van der Waals surface area contributed by atoms with Crippen molar-refractivity contribution in [3.05, 3.63) is 11.4 Å². The molecule has 98 valence electrons. The third-order valence-electron chi connectivity index (χ3n) is 3.29. The molecular formula is C12H18N4O2. The first-order valence-corrected chi connectivity index (χ1v) is 6.39. The summed E-state index contributed by atoms with van der Waals surface area (Å²) in [6.45, 7) is 4.72. The van der Waals surface area contributed by atoms with Crippen LogP contribution in [0.2, 0.25) is 0 Å². The molecule has 0 spiro atoms. The molecule has 1 aliphatic rings. The normalized spacial score (nSPS) is 19.2. The topological polar surface area (TPSA) is 79.2 Å². The Balaban J connectivity index is 2.30. The Bertz CT molecular complexity index is 450. The molecule has 1 N–H and O–H groups in total. The van der Waals surface area contributed by atoms with Gasteiger partial charge in [-0.3, -0.25) is 0 Å². The van der Waals surface area contributed by atoms with E-state index in [4.69, 9.17) is 5.11 Å². The monoisotopic (exact) mass is 250 g/mol. The van der Waals surface area contributed by atoms with Crippen LogP contribution in [-0.2, 0) is 17.6 Å². The zero-order valence-corrected chi connectivity index (χ0v) is 10.8. The summed E-state index contributed by atoms with van der Waals surface area (Å²) in [5.74, 6) is -0.359. The number of carboxylic acids is 1. The fourth-order valence-electron chi connectivity index (χ4n) is 2.31. The molecule has 1 saturated heterocycles.